The van der Waals surface area contributed by atoms with Gasteiger partial charge in [0, 0.05) is 16.5 Å². The molecule has 0 spiro atoms. The maximum atomic E-state index is 10.4. The van der Waals surface area contributed by atoms with Gasteiger partial charge in [-0.2, -0.15) is 0 Å². The molecule has 0 saturated carbocycles. The summed E-state index contributed by atoms with van der Waals surface area (Å²) in [6.45, 7) is 2.01. The predicted molar refractivity (Wildman–Crippen MR) is 110 cm³/mol. The standard InChI is InChI=1S/C22H17BrN2O/c1-14-9-10-22(26)17(11-14)21-13-20(15-5-4-6-16(23)12-15)24-18-7-2-3-8-19(18)25-21/h2-12,26H,13H2,1H3. The molecule has 0 atom stereocenters. The zero-order chi connectivity index (χ0) is 18.1. The number of para-hydroxylation sites is 2. The van der Waals surface area contributed by atoms with Gasteiger partial charge in [-0.3, -0.25) is 9.98 Å². The van der Waals surface area contributed by atoms with Crippen LogP contribution in [-0.4, -0.2) is 16.5 Å². The summed E-state index contributed by atoms with van der Waals surface area (Å²) in [5.74, 6) is 0.238. The van der Waals surface area contributed by atoms with Crippen molar-refractivity contribution in [1.29, 1.82) is 0 Å². The first kappa shape index (κ1) is 16.7. The number of fused-ring (bicyclic) bond motifs is 1. The molecular weight excluding hydrogens is 388 g/mol. The van der Waals surface area contributed by atoms with Crippen LogP contribution in [0.5, 0.6) is 5.75 Å². The topological polar surface area (TPSA) is 45.0 Å². The Labute approximate surface area is 160 Å². The van der Waals surface area contributed by atoms with Crippen molar-refractivity contribution in [2.24, 2.45) is 9.98 Å². The van der Waals surface area contributed by atoms with Gasteiger partial charge in [-0.15, -0.1) is 0 Å². The molecule has 1 heterocycles. The molecule has 3 aromatic carbocycles. The van der Waals surface area contributed by atoms with Crippen molar-refractivity contribution < 1.29 is 5.11 Å². The molecule has 3 aromatic rings. The van der Waals surface area contributed by atoms with Gasteiger partial charge in [-0.05, 0) is 48.9 Å². The van der Waals surface area contributed by atoms with E-state index in [1.807, 2.05) is 61.5 Å². The van der Waals surface area contributed by atoms with E-state index in [4.69, 9.17) is 9.98 Å². The first-order valence-corrected chi connectivity index (χ1v) is 9.19. The van der Waals surface area contributed by atoms with Crippen molar-refractivity contribution in [1.82, 2.24) is 0 Å². The first-order valence-electron chi connectivity index (χ1n) is 8.40. The molecule has 0 fully saturated rings. The molecular formula is C22H17BrN2O. The second-order valence-corrected chi connectivity index (χ2v) is 7.23. The minimum atomic E-state index is 0.238. The van der Waals surface area contributed by atoms with E-state index in [1.165, 1.54) is 0 Å². The van der Waals surface area contributed by atoms with Gasteiger partial charge in [0.15, 0.2) is 0 Å². The molecule has 26 heavy (non-hydrogen) atoms. The zero-order valence-corrected chi connectivity index (χ0v) is 15.9. The van der Waals surface area contributed by atoms with Crippen LogP contribution in [0.3, 0.4) is 0 Å². The van der Waals surface area contributed by atoms with E-state index in [-0.39, 0.29) is 5.75 Å². The summed E-state index contributed by atoms with van der Waals surface area (Å²) >= 11 is 3.54. The molecule has 0 saturated heterocycles. The normalized spacial score (nSPS) is 13.5. The smallest absolute Gasteiger partial charge is 0.124 e. The Kier molecular flexibility index (Phi) is 4.43. The molecule has 1 N–H and O–H groups in total. The molecule has 1 aliphatic heterocycles. The zero-order valence-electron chi connectivity index (χ0n) is 14.3. The quantitative estimate of drug-likeness (QED) is 0.550. The summed E-state index contributed by atoms with van der Waals surface area (Å²) in [5, 5.41) is 10.4. The number of nitrogens with zero attached hydrogens (tertiary/aromatic N) is 2. The van der Waals surface area contributed by atoms with E-state index in [9.17, 15) is 5.11 Å². The molecule has 0 bridgehead atoms. The SMILES string of the molecule is Cc1ccc(O)c(C2=Nc3ccccc3N=C(c3cccc(Br)c3)C2)c1. The summed E-state index contributed by atoms with van der Waals surface area (Å²) in [6.07, 6.45) is 0.544. The number of rotatable bonds is 2. The number of hydrogen-bond donors (Lipinski definition) is 1. The number of hydrogen-bond acceptors (Lipinski definition) is 3. The second kappa shape index (κ2) is 6.89. The average molecular weight is 405 g/mol. The number of benzene rings is 3. The van der Waals surface area contributed by atoms with Crippen molar-refractivity contribution in [3.8, 4) is 5.75 Å². The van der Waals surface area contributed by atoms with E-state index in [1.54, 1.807) is 6.07 Å². The molecule has 0 unspecified atom stereocenters. The maximum Gasteiger partial charge on any atom is 0.124 e. The van der Waals surface area contributed by atoms with Crippen LogP contribution < -0.4 is 0 Å². The lowest BCUT2D eigenvalue weighted by Gasteiger charge is -2.10. The molecule has 4 heteroatoms. The lowest BCUT2D eigenvalue weighted by molar-refractivity contribution is 0.474. The Hall–Kier alpha value is -2.72. The highest BCUT2D eigenvalue weighted by molar-refractivity contribution is 9.10. The van der Waals surface area contributed by atoms with Crippen LogP contribution >= 0.6 is 15.9 Å². The number of phenols is 1. The van der Waals surface area contributed by atoms with Crippen molar-refractivity contribution in [3.63, 3.8) is 0 Å². The minimum Gasteiger partial charge on any atom is -0.507 e. The number of aliphatic imine (C=N–C) groups is 2. The Morgan fingerprint density at radius 2 is 1.58 bits per heavy atom. The lowest BCUT2D eigenvalue weighted by atomic mass is 9.98. The Bertz CT molecular complexity index is 1050. The number of phenolic OH excluding ortho intramolecular Hbond substituents is 1. The lowest BCUT2D eigenvalue weighted by Crippen LogP contribution is -2.10. The van der Waals surface area contributed by atoms with Gasteiger partial charge in [-0.1, -0.05) is 51.8 Å². The van der Waals surface area contributed by atoms with Gasteiger partial charge in [0.05, 0.1) is 22.8 Å². The Morgan fingerprint density at radius 1 is 0.846 bits per heavy atom. The third-order valence-electron chi connectivity index (χ3n) is 4.35. The van der Waals surface area contributed by atoms with Gasteiger partial charge < -0.3 is 5.11 Å². The van der Waals surface area contributed by atoms with E-state index < -0.39 is 0 Å². The molecule has 0 amide bonds. The number of aryl methyl sites for hydroxylation is 1. The van der Waals surface area contributed by atoms with Gasteiger partial charge in [-0.25, -0.2) is 0 Å². The summed E-state index contributed by atoms with van der Waals surface area (Å²) < 4.78 is 1.01. The van der Waals surface area contributed by atoms with E-state index in [2.05, 4.69) is 22.0 Å². The van der Waals surface area contributed by atoms with E-state index >= 15 is 0 Å². The fourth-order valence-electron chi connectivity index (χ4n) is 3.05. The molecule has 4 rings (SSSR count). The monoisotopic (exact) mass is 404 g/mol. The third kappa shape index (κ3) is 3.33. The fourth-order valence-corrected chi connectivity index (χ4v) is 3.45. The molecule has 0 aliphatic carbocycles. The highest BCUT2D eigenvalue weighted by Crippen LogP contribution is 2.34. The summed E-state index contributed by atoms with van der Waals surface area (Å²) in [5.41, 5.74) is 6.27. The van der Waals surface area contributed by atoms with Gasteiger partial charge in [0.1, 0.15) is 5.75 Å². The van der Waals surface area contributed by atoms with Crippen LogP contribution in [0.15, 0.2) is 81.2 Å². The van der Waals surface area contributed by atoms with E-state index in [0.717, 1.165) is 44.0 Å². The largest absolute Gasteiger partial charge is 0.507 e. The summed E-state index contributed by atoms with van der Waals surface area (Å²) in [4.78, 5) is 9.72. The van der Waals surface area contributed by atoms with Crippen LogP contribution in [0.25, 0.3) is 0 Å². The first-order chi connectivity index (χ1) is 12.6. The Morgan fingerprint density at radius 3 is 2.31 bits per heavy atom. The average Bonchev–Trinajstić information content (AvgIpc) is 2.83. The highest BCUT2D eigenvalue weighted by atomic mass is 79.9. The number of aromatic hydroxyl groups is 1. The van der Waals surface area contributed by atoms with Crippen molar-refractivity contribution in [2.45, 2.75) is 13.3 Å². The fraction of sp³-hybridized carbons (Fsp3) is 0.0909. The van der Waals surface area contributed by atoms with Gasteiger partial charge >= 0.3 is 0 Å². The second-order valence-electron chi connectivity index (χ2n) is 6.31. The van der Waals surface area contributed by atoms with Crippen LogP contribution in [-0.2, 0) is 0 Å². The summed E-state index contributed by atoms with van der Waals surface area (Å²) in [6, 6.07) is 21.5. The number of halogens is 1. The van der Waals surface area contributed by atoms with Crippen molar-refractivity contribution in [3.05, 3.63) is 87.9 Å². The van der Waals surface area contributed by atoms with E-state index in [0.29, 0.717) is 6.42 Å². The highest BCUT2D eigenvalue weighted by Gasteiger charge is 2.18. The maximum absolute atomic E-state index is 10.4. The van der Waals surface area contributed by atoms with Crippen LogP contribution in [0.2, 0.25) is 0 Å². The van der Waals surface area contributed by atoms with Crippen LogP contribution in [0, 0.1) is 6.92 Å². The Balaban J connectivity index is 1.90. The molecule has 128 valence electrons. The van der Waals surface area contributed by atoms with Crippen molar-refractivity contribution >= 4 is 38.7 Å². The molecule has 1 aliphatic rings. The van der Waals surface area contributed by atoms with Gasteiger partial charge in [0.2, 0.25) is 0 Å². The minimum absolute atomic E-state index is 0.238. The van der Waals surface area contributed by atoms with Crippen molar-refractivity contribution in [2.75, 3.05) is 0 Å². The molecule has 3 nitrogen and oxygen atoms in total. The van der Waals surface area contributed by atoms with Gasteiger partial charge in [0.25, 0.3) is 0 Å². The third-order valence-corrected chi connectivity index (χ3v) is 4.84. The van der Waals surface area contributed by atoms with Crippen LogP contribution in [0.4, 0.5) is 11.4 Å². The summed E-state index contributed by atoms with van der Waals surface area (Å²) in [7, 11) is 0. The molecule has 0 radical (unpaired) electrons. The molecule has 0 aromatic heterocycles. The van der Waals surface area contributed by atoms with Crippen LogP contribution in [0.1, 0.15) is 23.1 Å². The predicted octanol–water partition coefficient (Wildman–Crippen LogP) is 6.11.